The Balaban J connectivity index is 1.59. The van der Waals surface area contributed by atoms with Gasteiger partial charge in [0.05, 0.1) is 26.3 Å². The maximum atomic E-state index is 5.52. The number of aromatic nitrogens is 3. The first-order valence-corrected chi connectivity index (χ1v) is 10.9. The highest BCUT2D eigenvalue weighted by atomic mass is 16.5. The van der Waals surface area contributed by atoms with Crippen LogP contribution in [0.2, 0.25) is 0 Å². The van der Waals surface area contributed by atoms with Gasteiger partial charge in [0, 0.05) is 32.2 Å². The number of nitrogens with one attached hydrogen (secondary N) is 2. The molecule has 1 aromatic heterocycles. The first-order chi connectivity index (χ1) is 14.7. The molecule has 3 rings (SSSR count). The summed E-state index contributed by atoms with van der Waals surface area (Å²) in [5.41, 5.74) is 2.37. The standard InChI is InChI=1S/C22H35N7O/c1-4-24-22(26-14-21(18(2)3)28-8-10-30-11-9-28)25-13-19-6-5-7-20(12-19)15-29-17-23-16-27-29/h5-7,12,16-18,21H,4,8-11,13-15H2,1-3H3,(H2,24,25,26). The van der Waals surface area contributed by atoms with Crippen LogP contribution in [-0.2, 0) is 17.8 Å². The van der Waals surface area contributed by atoms with E-state index < -0.39 is 0 Å². The van der Waals surface area contributed by atoms with Crippen LogP contribution in [0.5, 0.6) is 0 Å². The lowest BCUT2D eigenvalue weighted by Gasteiger charge is -2.37. The van der Waals surface area contributed by atoms with E-state index in [9.17, 15) is 0 Å². The third-order valence-corrected chi connectivity index (χ3v) is 5.33. The largest absolute Gasteiger partial charge is 0.379 e. The number of rotatable bonds is 9. The van der Waals surface area contributed by atoms with Gasteiger partial charge < -0.3 is 15.4 Å². The molecule has 8 heteroatoms. The average molecular weight is 414 g/mol. The quantitative estimate of drug-likeness (QED) is 0.482. The van der Waals surface area contributed by atoms with E-state index in [1.165, 1.54) is 11.1 Å². The van der Waals surface area contributed by atoms with E-state index in [0.29, 0.717) is 25.0 Å². The summed E-state index contributed by atoms with van der Waals surface area (Å²) in [6.45, 7) is 13.4. The predicted molar refractivity (Wildman–Crippen MR) is 119 cm³/mol. The van der Waals surface area contributed by atoms with Gasteiger partial charge in [-0.15, -0.1) is 0 Å². The minimum atomic E-state index is 0.462. The van der Waals surface area contributed by atoms with Crippen molar-refractivity contribution < 1.29 is 4.74 Å². The van der Waals surface area contributed by atoms with Gasteiger partial charge in [-0.1, -0.05) is 38.1 Å². The molecule has 1 aromatic carbocycles. The average Bonchev–Trinajstić information content (AvgIpc) is 3.26. The van der Waals surface area contributed by atoms with Gasteiger partial charge >= 0.3 is 0 Å². The molecule has 0 amide bonds. The summed E-state index contributed by atoms with van der Waals surface area (Å²) in [4.78, 5) is 11.3. The Morgan fingerprint density at radius 1 is 1.20 bits per heavy atom. The molecule has 1 unspecified atom stereocenters. The second-order valence-electron chi connectivity index (χ2n) is 7.95. The molecule has 0 bridgehead atoms. The molecule has 1 saturated heterocycles. The molecule has 1 aliphatic heterocycles. The van der Waals surface area contributed by atoms with Crippen molar-refractivity contribution in [3.8, 4) is 0 Å². The van der Waals surface area contributed by atoms with E-state index in [4.69, 9.17) is 9.73 Å². The Morgan fingerprint density at radius 3 is 2.70 bits per heavy atom. The summed E-state index contributed by atoms with van der Waals surface area (Å²) in [5, 5.41) is 11.1. The maximum Gasteiger partial charge on any atom is 0.191 e. The number of hydrogen-bond donors (Lipinski definition) is 2. The van der Waals surface area contributed by atoms with Gasteiger partial charge in [0.1, 0.15) is 12.7 Å². The third kappa shape index (κ3) is 6.81. The molecule has 0 saturated carbocycles. The lowest BCUT2D eigenvalue weighted by molar-refractivity contribution is 0.00752. The lowest BCUT2D eigenvalue weighted by atomic mass is 10.0. The van der Waals surface area contributed by atoms with Crippen molar-refractivity contribution in [2.24, 2.45) is 10.9 Å². The molecule has 30 heavy (non-hydrogen) atoms. The molecule has 1 fully saturated rings. The fraction of sp³-hybridized carbons (Fsp3) is 0.591. The number of ether oxygens (including phenoxy) is 1. The molecule has 1 aliphatic rings. The van der Waals surface area contributed by atoms with Crippen molar-refractivity contribution in [1.82, 2.24) is 30.3 Å². The van der Waals surface area contributed by atoms with E-state index in [-0.39, 0.29) is 0 Å². The first kappa shape index (κ1) is 22.2. The molecule has 1 atom stereocenters. The van der Waals surface area contributed by atoms with Crippen LogP contribution in [0.25, 0.3) is 0 Å². The van der Waals surface area contributed by atoms with Gasteiger partial charge in [0.15, 0.2) is 5.96 Å². The highest BCUT2D eigenvalue weighted by molar-refractivity contribution is 5.79. The molecule has 0 radical (unpaired) electrons. The Morgan fingerprint density at radius 2 is 2.00 bits per heavy atom. The topological polar surface area (TPSA) is 79.6 Å². The van der Waals surface area contributed by atoms with Crippen LogP contribution in [0.4, 0.5) is 0 Å². The zero-order valence-electron chi connectivity index (χ0n) is 18.4. The Hall–Kier alpha value is -2.45. The Kier molecular flexibility index (Phi) is 8.65. The minimum absolute atomic E-state index is 0.462. The summed E-state index contributed by atoms with van der Waals surface area (Å²) in [6.07, 6.45) is 3.29. The van der Waals surface area contributed by atoms with Crippen LogP contribution in [0.1, 0.15) is 31.9 Å². The van der Waals surface area contributed by atoms with Crippen LogP contribution >= 0.6 is 0 Å². The SMILES string of the molecule is CCNC(=NCc1cccc(Cn2cncn2)c1)NCC(C(C)C)N1CCOCC1. The van der Waals surface area contributed by atoms with Gasteiger partial charge in [-0.25, -0.2) is 14.7 Å². The molecule has 2 N–H and O–H groups in total. The fourth-order valence-electron chi connectivity index (χ4n) is 3.74. The second kappa shape index (κ2) is 11.7. The minimum Gasteiger partial charge on any atom is -0.379 e. The zero-order valence-corrected chi connectivity index (χ0v) is 18.4. The highest BCUT2D eigenvalue weighted by Gasteiger charge is 2.23. The van der Waals surface area contributed by atoms with Crippen molar-refractivity contribution in [3.05, 3.63) is 48.0 Å². The van der Waals surface area contributed by atoms with E-state index in [1.54, 1.807) is 12.7 Å². The van der Waals surface area contributed by atoms with E-state index in [1.807, 2.05) is 4.68 Å². The van der Waals surface area contributed by atoms with Crippen LogP contribution in [-0.4, -0.2) is 71.1 Å². The van der Waals surface area contributed by atoms with Gasteiger partial charge in [-0.3, -0.25) is 4.90 Å². The summed E-state index contributed by atoms with van der Waals surface area (Å²) in [5.74, 6) is 1.42. The maximum absolute atomic E-state index is 5.52. The van der Waals surface area contributed by atoms with E-state index >= 15 is 0 Å². The summed E-state index contributed by atoms with van der Waals surface area (Å²) < 4.78 is 7.34. The van der Waals surface area contributed by atoms with Crippen LogP contribution in [0, 0.1) is 5.92 Å². The van der Waals surface area contributed by atoms with Crippen molar-refractivity contribution in [1.29, 1.82) is 0 Å². The first-order valence-electron chi connectivity index (χ1n) is 10.9. The molecule has 2 heterocycles. The van der Waals surface area contributed by atoms with Crippen LogP contribution < -0.4 is 10.6 Å². The highest BCUT2D eigenvalue weighted by Crippen LogP contribution is 2.12. The molecule has 0 spiro atoms. The zero-order chi connectivity index (χ0) is 21.2. The fourth-order valence-corrected chi connectivity index (χ4v) is 3.74. The van der Waals surface area contributed by atoms with Crippen LogP contribution in [0.3, 0.4) is 0 Å². The monoisotopic (exact) mass is 413 g/mol. The van der Waals surface area contributed by atoms with Crippen molar-refractivity contribution in [2.75, 3.05) is 39.4 Å². The smallest absolute Gasteiger partial charge is 0.191 e. The summed E-state index contributed by atoms with van der Waals surface area (Å²) in [7, 11) is 0. The van der Waals surface area contributed by atoms with E-state index in [2.05, 4.69) is 70.7 Å². The molecular formula is C22H35N7O. The lowest BCUT2D eigenvalue weighted by Crippen LogP contribution is -2.52. The third-order valence-electron chi connectivity index (χ3n) is 5.33. The predicted octanol–water partition coefficient (Wildman–Crippen LogP) is 1.74. The van der Waals surface area contributed by atoms with Crippen molar-refractivity contribution >= 4 is 5.96 Å². The molecule has 0 aliphatic carbocycles. The second-order valence-corrected chi connectivity index (χ2v) is 7.95. The van der Waals surface area contributed by atoms with Gasteiger partial charge in [0.25, 0.3) is 0 Å². The van der Waals surface area contributed by atoms with E-state index in [0.717, 1.165) is 45.4 Å². The van der Waals surface area contributed by atoms with Gasteiger partial charge in [0.2, 0.25) is 0 Å². The number of aliphatic imine (C=N–C) groups is 1. The number of morpholine rings is 1. The Labute approximate surface area is 179 Å². The van der Waals surface area contributed by atoms with Crippen molar-refractivity contribution in [2.45, 2.75) is 39.9 Å². The van der Waals surface area contributed by atoms with Crippen molar-refractivity contribution in [3.63, 3.8) is 0 Å². The van der Waals surface area contributed by atoms with Crippen LogP contribution in [0.15, 0.2) is 41.9 Å². The number of nitrogens with zero attached hydrogens (tertiary/aromatic N) is 5. The van der Waals surface area contributed by atoms with Gasteiger partial charge in [-0.05, 0) is 24.0 Å². The molecule has 2 aromatic rings. The number of hydrogen-bond acceptors (Lipinski definition) is 5. The number of benzene rings is 1. The Bertz CT molecular complexity index is 770. The molecular weight excluding hydrogens is 378 g/mol. The summed E-state index contributed by atoms with van der Waals surface area (Å²) in [6, 6.07) is 8.93. The molecule has 164 valence electrons. The normalized spacial score (nSPS) is 16.6. The van der Waals surface area contributed by atoms with Gasteiger partial charge in [-0.2, -0.15) is 5.10 Å². The molecule has 8 nitrogen and oxygen atoms in total. The number of guanidine groups is 1. The summed E-state index contributed by atoms with van der Waals surface area (Å²) >= 11 is 0.